The maximum Gasteiger partial charge on any atom is 0.0208 e. The molecule has 0 aromatic heterocycles. The van der Waals surface area contributed by atoms with Crippen LogP contribution >= 0.6 is 0 Å². The fourth-order valence-corrected chi connectivity index (χ4v) is 4.25. The Morgan fingerprint density at radius 3 is 1.21 bits per heavy atom. The third kappa shape index (κ3) is 6.76. The van der Waals surface area contributed by atoms with Gasteiger partial charge in [-0.15, -0.1) is 0 Å². The van der Waals surface area contributed by atoms with Crippen LogP contribution in [0.15, 0.2) is 48.5 Å². The van der Waals surface area contributed by atoms with Gasteiger partial charge in [-0.1, -0.05) is 75.2 Å². The molecule has 2 aromatic rings. The van der Waals surface area contributed by atoms with Gasteiger partial charge in [0.15, 0.2) is 0 Å². The van der Waals surface area contributed by atoms with Crippen molar-refractivity contribution in [1.29, 1.82) is 0 Å². The molecule has 3 rings (SSSR count). The molecule has 2 heteroatoms. The second-order valence-electron chi connectivity index (χ2n) is 8.44. The Morgan fingerprint density at radius 2 is 0.893 bits per heavy atom. The summed E-state index contributed by atoms with van der Waals surface area (Å²) in [5, 5.41) is 7.55. The highest BCUT2D eigenvalue weighted by Crippen LogP contribution is 2.20. The number of aryl methyl sites for hydroxylation is 2. The normalized spacial score (nSPS) is 19.6. The molecule has 0 amide bonds. The topological polar surface area (TPSA) is 24.1 Å². The first-order valence-electron chi connectivity index (χ1n) is 11.4. The Hall–Kier alpha value is -1.64. The van der Waals surface area contributed by atoms with Crippen LogP contribution in [0.25, 0.3) is 0 Å². The number of benzene rings is 2. The molecule has 1 saturated carbocycles. The molecule has 1 aliphatic carbocycles. The third-order valence-corrected chi connectivity index (χ3v) is 6.04. The minimum absolute atomic E-state index is 0.668. The molecule has 0 atom stereocenters. The lowest BCUT2D eigenvalue weighted by atomic mass is 9.91. The van der Waals surface area contributed by atoms with E-state index in [1.54, 1.807) is 0 Å². The van der Waals surface area contributed by atoms with Gasteiger partial charge in [0.1, 0.15) is 0 Å². The Bertz CT molecular complexity index is 605. The fourth-order valence-electron chi connectivity index (χ4n) is 4.25. The van der Waals surface area contributed by atoms with Crippen LogP contribution in [0.2, 0.25) is 0 Å². The van der Waals surface area contributed by atoms with E-state index < -0.39 is 0 Å². The summed E-state index contributed by atoms with van der Waals surface area (Å²) in [5.41, 5.74) is 5.73. The van der Waals surface area contributed by atoms with Crippen molar-refractivity contribution in [2.24, 2.45) is 0 Å². The molecule has 2 aromatic carbocycles. The van der Waals surface area contributed by atoms with E-state index in [2.05, 4.69) is 73.0 Å². The van der Waals surface area contributed by atoms with Crippen LogP contribution in [-0.4, -0.2) is 12.1 Å². The van der Waals surface area contributed by atoms with E-state index in [-0.39, 0.29) is 0 Å². The molecule has 28 heavy (non-hydrogen) atoms. The summed E-state index contributed by atoms with van der Waals surface area (Å²) in [4.78, 5) is 0. The largest absolute Gasteiger partial charge is 0.310 e. The summed E-state index contributed by atoms with van der Waals surface area (Å²) >= 11 is 0. The molecular formula is C26H38N2. The van der Waals surface area contributed by atoms with Gasteiger partial charge in [-0.05, 0) is 60.8 Å². The minimum atomic E-state index is 0.668. The second kappa shape index (κ2) is 11.4. The molecule has 0 bridgehead atoms. The Labute approximate surface area is 172 Å². The smallest absolute Gasteiger partial charge is 0.0208 e. The predicted octanol–water partition coefficient (Wildman–Crippen LogP) is 5.78. The van der Waals surface area contributed by atoms with Gasteiger partial charge in [-0.3, -0.25) is 0 Å². The highest BCUT2D eigenvalue weighted by molar-refractivity contribution is 5.23. The van der Waals surface area contributed by atoms with Crippen molar-refractivity contribution in [2.75, 3.05) is 0 Å². The third-order valence-electron chi connectivity index (χ3n) is 6.04. The molecule has 2 nitrogen and oxygen atoms in total. The van der Waals surface area contributed by atoms with Crippen molar-refractivity contribution in [3.05, 3.63) is 70.8 Å². The zero-order chi connectivity index (χ0) is 19.6. The Morgan fingerprint density at radius 1 is 0.571 bits per heavy atom. The van der Waals surface area contributed by atoms with Gasteiger partial charge in [0, 0.05) is 25.2 Å². The molecule has 0 aliphatic heterocycles. The van der Waals surface area contributed by atoms with Crippen LogP contribution in [0.3, 0.4) is 0 Å². The molecule has 1 aliphatic rings. The summed E-state index contributed by atoms with van der Waals surface area (Å²) in [5.74, 6) is 0. The lowest BCUT2D eigenvalue weighted by Crippen LogP contribution is -2.39. The molecule has 0 saturated heterocycles. The maximum absolute atomic E-state index is 3.77. The van der Waals surface area contributed by atoms with Crippen LogP contribution in [0.4, 0.5) is 0 Å². The van der Waals surface area contributed by atoms with Crippen LogP contribution in [0.1, 0.15) is 74.6 Å². The maximum atomic E-state index is 3.77. The number of rotatable bonds is 10. The van der Waals surface area contributed by atoms with Crippen molar-refractivity contribution < 1.29 is 0 Å². The SMILES string of the molecule is CCCc1ccc(CNC2CCC(NCc3ccc(CCC)cc3)CC2)cc1. The van der Waals surface area contributed by atoms with Crippen molar-refractivity contribution in [1.82, 2.24) is 10.6 Å². The van der Waals surface area contributed by atoms with E-state index in [9.17, 15) is 0 Å². The summed E-state index contributed by atoms with van der Waals surface area (Å²) in [6, 6.07) is 19.6. The van der Waals surface area contributed by atoms with Crippen molar-refractivity contribution in [3.63, 3.8) is 0 Å². The second-order valence-corrected chi connectivity index (χ2v) is 8.44. The summed E-state index contributed by atoms with van der Waals surface area (Å²) in [6.45, 7) is 6.48. The molecule has 0 spiro atoms. The van der Waals surface area contributed by atoms with Crippen molar-refractivity contribution >= 4 is 0 Å². The van der Waals surface area contributed by atoms with Gasteiger partial charge in [-0.2, -0.15) is 0 Å². The van der Waals surface area contributed by atoms with Gasteiger partial charge in [0.25, 0.3) is 0 Å². The lowest BCUT2D eigenvalue weighted by Gasteiger charge is -2.30. The zero-order valence-corrected chi connectivity index (χ0v) is 17.8. The summed E-state index contributed by atoms with van der Waals surface area (Å²) in [7, 11) is 0. The van der Waals surface area contributed by atoms with Gasteiger partial charge in [-0.25, -0.2) is 0 Å². The van der Waals surface area contributed by atoms with E-state index in [1.165, 1.54) is 73.6 Å². The average Bonchev–Trinajstić information content (AvgIpc) is 2.74. The zero-order valence-electron chi connectivity index (χ0n) is 17.8. The number of hydrogen-bond donors (Lipinski definition) is 2. The van der Waals surface area contributed by atoms with E-state index in [0.717, 1.165) is 13.1 Å². The van der Waals surface area contributed by atoms with Gasteiger partial charge >= 0.3 is 0 Å². The average molecular weight is 379 g/mol. The fraction of sp³-hybridized carbons (Fsp3) is 0.538. The highest BCUT2D eigenvalue weighted by atomic mass is 14.9. The lowest BCUT2D eigenvalue weighted by molar-refractivity contribution is 0.305. The molecule has 0 heterocycles. The van der Waals surface area contributed by atoms with Gasteiger partial charge < -0.3 is 10.6 Å². The summed E-state index contributed by atoms with van der Waals surface area (Å²) < 4.78 is 0. The molecule has 0 radical (unpaired) electrons. The van der Waals surface area contributed by atoms with E-state index in [1.807, 2.05) is 0 Å². The van der Waals surface area contributed by atoms with Crippen LogP contribution in [0.5, 0.6) is 0 Å². The van der Waals surface area contributed by atoms with Crippen LogP contribution in [-0.2, 0) is 25.9 Å². The molecular weight excluding hydrogens is 340 g/mol. The molecule has 1 fully saturated rings. The molecule has 0 unspecified atom stereocenters. The summed E-state index contributed by atoms with van der Waals surface area (Å²) in [6.07, 6.45) is 9.93. The standard InChI is InChI=1S/C26H38N2/c1-3-5-21-7-11-23(12-8-21)19-27-25-15-17-26(18-16-25)28-20-24-13-9-22(6-4-2)10-14-24/h7-14,25-28H,3-6,15-20H2,1-2H3. The quantitative estimate of drug-likeness (QED) is 0.547. The van der Waals surface area contributed by atoms with Gasteiger partial charge in [0.05, 0.1) is 0 Å². The first-order valence-corrected chi connectivity index (χ1v) is 11.4. The van der Waals surface area contributed by atoms with E-state index in [0.29, 0.717) is 12.1 Å². The molecule has 2 N–H and O–H groups in total. The first-order chi connectivity index (χ1) is 13.8. The van der Waals surface area contributed by atoms with Gasteiger partial charge in [0.2, 0.25) is 0 Å². The minimum Gasteiger partial charge on any atom is -0.310 e. The Kier molecular flexibility index (Phi) is 8.57. The van der Waals surface area contributed by atoms with Crippen molar-refractivity contribution in [3.8, 4) is 0 Å². The van der Waals surface area contributed by atoms with E-state index in [4.69, 9.17) is 0 Å². The van der Waals surface area contributed by atoms with Crippen molar-refractivity contribution in [2.45, 2.75) is 90.4 Å². The highest BCUT2D eigenvalue weighted by Gasteiger charge is 2.20. The van der Waals surface area contributed by atoms with Crippen LogP contribution < -0.4 is 10.6 Å². The molecule has 152 valence electrons. The number of hydrogen-bond acceptors (Lipinski definition) is 2. The predicted molar refractivity (Wildman–Crippen MR) is 121 cm³/mol. The first kappa shape index (κ1) is 21.1. The van der Waals surface area contributed by atoms with E-state index >= 15 is 0 Å². The van der Waals surface area contributed by atoms with Crippen LogP contribution in [0, 0.1) is 0 Å². The monoisotopic (exact) mass is 378 g/mol. The Balaban J connectivity index is 1.34. The number of nitrogens with one attached hydrogen (secondary N) is 2.